The van der Waals surface area contributed by atoms with Crippen LogP contribution in [0.2, 0.25) is 0 Å². The van der Waals surface area contributed by atoms with E-state index in [1.807, 2.05) is 19.3 Å². The molecule has 2 saturated heterocycles. The van der Waals surface area contributed by atoms with E-state index in [2.05, 4.69) is 37.0 Å². The Morgan fingerprint density at radius 1 is 1.52 bits per heavy atom. The molecule has 2 aromatic rings. The van der Waals surface area contributed by atoms with Gasteiger partial charge in [-0.3, -0.25) is 4.79 Å². The molecule has 2 aliphatic heterocycles. The summed E-state index contributed by atoms with van der Waals surface area (Å²) >= 11 is 0. The normalized spacial score (nSPS) is 27.0. The summed E-state index contributed by atoms with van der Waals surface area (Å²) in [6, 6.07) is 2.02. The number of H-pyrrole nitrogens is 1. The quantitative estimate of drug-likeness (QED) is 0.868. The maximum atomic E-state index is 12.4. The summed E-state index contributed by atoms with van der Waals surface area (Å²) in [6.07, 6.45) is 4.50. The Bertz CT molecular complexity index is 743. The number of fused-ring (bicyclic) bond motifs is 1. The molecule has 2 N–H and O–H groups in total. The molecule has 2 aliphatic rings. The van der Waals surface area contributed by atoms with E-state index in [9.17, 15) is 4.79 Å². The van der Waals surface area contributed by atoms with Crippen LogP contribution in [0.3, 0.4) is 0 Å². The first-order valence-electron chi connectivity index (χ1n) is 8.14. The van der Waals surface area contributed by atoms with Gasteiger partial charge in [0.1, 0.15) is 17.8 Å². The summed E-state index contributed by atoms with van der Waals surface area (Å²) in [5.74, 6) is 1.69. The highest BCUT2D eigenvalue weighted by atomic mass is 16.2. The van der Waals surface area contributed by atoms with E-state index in [1.54, 1.807) is 6.33 Å². The van der Waals surface area contributed by atoms with Crippen molar-refractivity contribution < 1.29 is 4.79 Å². The standard InChI is InChI=1S/C16H22N6O/c1-11-8-22(13(23)7-17-2)16(11)4-6-21(9-16)15-12-3-5-18-14(12)19-10-20-15/h3,5,10-11,17H,4,6-9H2,1-2H3,(H,18,19,20). The topological polar surface area (TPSA) is 77.2 Å². The van der Waals surface area contributed by atoms with Gasteiger partial charge in [0, 0.05) is 25.8 Å². The number of anilines is 1. The molecule has 1 spiro atoms. The molecule has 0 bridgehead atoms. The second kappa shape index (κ2) is 5.19. The fourth-order valence-corrected chi connectivity index (χ4v) is 4.11. The first-order valence-corrected chi connectivity index (χ1v) is 8.14. The molecule has 7 heteroatoms. The number of aromatic nitrogens is 3. The van der Waals surface area contributed by atoms with Crippen LogP contribution in [0.5, 0.6) is 0 Å². The van der Waals surface area contributed by atoms with E-state index < -0.39 is 0 Å². The van der Waals surface area contributed by atoms with E-state index in [4.69, 9.17) is 0 Å². The van der Waals surface area contributed by atoms with Crippen molar-refractivity contribution in [3.8, 4) is 0 Å². The summed E-state index contributed by atoms with van der Waals surface area (Å²) < 4.78 is 0. The van der Waals surface area contributed by atoms with E-state index >= 15 is 0 Å². The minimum Gasteiger partial charge on any atom is -0.353 e. The van der Waals surface area contributed by atoms with Gasteiger partial charge in [-0.25, -0.2) is 9.97 Å². The lowest BCUT2D eigenvalue weighted by molar-refractivity contribution is -0.152. The van der Waals surface area contributed by atoms with Crippen molar-refractivity contribution in [2.75, 3.05) is 38.1 Å². The van der Waals surface area contributed by atoms with Crippen molar-refractivity contribution in [3.63, 3.8) is 0 Å². The molecule has 122 valence electrons. The lowest BCUT2D eigenvalue weighted by Gasteiger charge is -2.56. The molecule has 0 radical (unpaired) electrons. The van der Waals surface area contributed by atoms with Crippen LogP contribution in [0.4, 0.5) is 5.82 Å². The van der Waals surface area contributed by atoms with Gasteiger partial charge in [-0.15, -0.1) is 0 Å². The number of carbonyl (C=O) groups excluding carboxylic acids is 1. The third kappa shape index (κ3) is 2.03. The lowest BCUT2D eigenvalue weighted by Crippen LogP contribution is -2.70. The fraction of sp³-hybridized carbons (Fsp3) is 0.562. The van der Waals surface area contributed by atoms with Crippen molar-refractivity contribution in [2.45, 2.75) is 18.9 Å². The van der Waals surface area contributed by atoms with Gasteiger partial charge in [0.2, 0.25) is 5.91 Å². The molecule has 0 saturated carbocycles. The highest BCUT2D eigenvalue weighted by Gasteiger charge is 2.56. The highest BCUT2D eigenvalue weighted by Crippen LogP contribution is 2.45. The Kier molecular flexibility index (Phi) is 3.26. The number of nitrogens with zero attached hydrogens (tertiary/aromatic N) is 4. The largest absolute Gasteiger partial charge is 0.353 e. The van der Waals surface area contributed by atoms with Crippen molar-refractivity contribution >= 4 is 22.8 Å². The lowest BCUT2D eigenvalue weighted by atomic mass is 9.74. The maximum Gasteiger partial charge on any atom is 0.237 e. The van der Waals surface area contributed by atoms with Crippen LogP contribution in [0.1, 0.15) is 13.3 Å². The number of carbonyl (C=O) groups is 1. The Labute approximate surface area is 135 Å². The van der Waals surface area contributed by atoms with Crippen molar-refractivity contribution in [1.82, 2.24) is 25.2 Å². The number of aromatic amines is 1. The Morgan fingerprint density at radius 2 is 2.39 bits per heavy atom. The van der Waals surface area contributed by atoms with Gasteiger partial charge in [-0.2, -0.15) is 0 Å². The third-order valence-corrected chi connectivity index (χ3v) is 5.45. The van der Waals surface area contributed by atoms with Crippen LogP contribution >= 0.6 is 0 Å². The summed E-state index contributed by atoms with van der Waals surface area (Å²) in [5, 5.41) is 4.02. The predicted molar refractivity (Wildman–Crippen MR) is 88.3 cm³/mol. The molecule has 1 amide bonds. The van der Waals surface area contributed by atoms with Crippen LogP contribution in [-0.4, -0.2) is 64.5 Å². The van der Waals surface area contributed by atoms with Gasteiger partial charge in [-0.05, 0) is 25.5 Å². The first kappa shape index (κ1) is 14.4. The van der Waals surface area contributed by atoms with Crippen molar-refractivity contribution in [1.29, 1.82) is 0 Å². The van der Waals surface area contributed by atoms with Gasteiger partial charge < -0.3 is 20.1 Å². The summed E-state index contributed by atoms with van der Waals surface area (Å²) in [6.45, 7) is 5.28. The van der Waals surface area contributed by atoms with Crippen LogP contribution < -0.4 is 10.2 Å². The number of hydrogen-bond acceptors (Lipinski definition) is 5. The molecule has 4 heterocycles. The minimum atomic E-state index is -0.0402. The van der Waals surface area contributed by atoms with Crippen molar-refractivity contribution in [2.24, 2.45) is 5.92 Å². The number of hydrogen-bond donors (Lipinski definition) is 2. The van der Waals surface area contributed by atoms with E-state index in [0.29, 0.717) is 12.5 Å². The average Bonchev–Trinajstić information content (AvgIpc) is 3.20. The molecule has 2 fully saturated rings. The smallest absolute Gasteiger partial charge is 0.237 e. The molecule has 2 atom stereocenters. The van der Waals surface area contributed by atoms with Crippen LogP contribution in [0.25, 0.3) is 11.0 Å². The van der Waals surface area contributed by atoms with Gasteiger partial charge in [0.15, 0.2) is 0 Å². The van der Waals surface area contributed by atoms with E-state index in [1.165, 1.54) is 0 Å². The molecule has 4 rings (SSSR count). The van der Waals surface area contributed by atoms with Crippen LogP contribution in [-0.2, 0) is 4.79 Å². The molecule has 2 aromatic heterocycles. The molecule has 0 aromatic carbocycles. The Hall–Kier alpha value is -2.15. The fourth-order valence-electron chi connectivity index (χ4n) is 4.11. The monoisotopic (exact) mass is 314 g/mol. The predicted octanol–water partition coefficient (Wildman–Crippen LogP) is 0.605. The molecule has 23 heavy (non-hydrogen) atoms. The summed E-state index contributed by atoms with van der Waals surface area (Å²) in [7, 11) is 1.82. The average molecular weight is 314 g/mol. The van der Waals surface area contributed by atoms with Crippen molar-refractivity contribution in [3.05, 3.63) is 18.6 Å². The van der Waals surface area contributed by atoms with Gasteiger partial charge in [-0.1, -0.05) is 6.92 Å². The summed E-state index contributed by atoms with van der Waals surface area (Å²) in [4.78, 5) is 28.6. The van der Waals surface area contributed by atoms with Gasteiger partial charge in [0.05, 0.1) is 17.5 Å². The molecule has 0 aliphatic carbocycles. The maximum absolute atomic E-state index is 12.4. The number of likely N-dealkylation sites (tertiary alicyclic amines) is 1. The minimum absolute atomic E-state index is 0.0402. The van der Waals surface area contributed by atoms with Gasteiger partial charge in [0.25, 0.3) is 0 Å². The third-order valence-electron chi connectivity index (χ3n) is 5.45. The van der Waals surface area contributed by atoms with E-state index in [-0.39, 0.29) is 11.4 Å². The number of nitrogens with one attached hydrogen (secondary N) is 2. The zero-order chi connectivity index (χ0) is 16.0. The highest BCUT2D eigenvalue weighted by molar-refractivity contribution is 5.87. The number of rotatable bonds is 3. The number of amides is 1. The molecular weight excluding hydrogens is 292 g/mol. The second-order valence-electron chi connectivity index (χ2n) is 6.65. The molecular formula is C16H22N6O. The second-order valence-corrected chi connectivity index (χ2v) is 6.65. The summed E-state index contributed by atoms with van der Waals surface area (Å²) in [5.41, 5.74) is 0.822. The van der Waals surface area contributed by atoms with E-state index in [0.717, 1.165) is 42.9 Å². The Morgan fingerprint density at radius 3 is 3.17 bits per heavy atom. The zero-order valence-corrected chi connectivity index (χ0v) is 13.5. The zero-order valence-electron chi connectivity index (χ0n) is 13.5. The number of likely N-dealkylation sites (N-methyl/N-ethyl adjacent to an activating group) is 1. The molecule has 2 unspecified atom stereocenters. The van der Waals surface area contributed by atoms with Crippen LogP contribution in [0, 0.1) is 5.92 Å². The van der Waals surface area contributed by atoms with Gasteiger partial charge >= 0.3 is 0 Å². The Balaban J connectivity index is 1.61. The molecule has 7 nitrogen and oxygen atoms in total. The van der Waals surface area contributed by atoms with Crippen LogP contribution in [0.15, 0.2) is 18.6 Å². The SMILES string of the molecule is CNCC(=O)N1CC(C)C12CCN(c1ncnc3[nH]ccc13)C2. The first-order chi connectivity index (χ1) is 11.2.